The molecule has 4 rings (SSSR count). The van der Waals surface area contributed by atoms with Gasteiger partial charge in [0.2, 0.25) is 11.8 Å². The van der Waals surface area contributed by atoms with Crippen molar-refractivity contribution in [1.82, 2.24) is 15.0 Å². The van der Waals surface area contributed by atoms with Crippen LogP contribution in [0.2, 0.25) is 0 Å². The number of anilines is 2. The monoisotopic (exact) mass is 521 g/mol. The normalized spacial score (nSPS) is 15.6. The number of aromatic nitrogens is 3. The number of alkyl halides is 3. The lowest BCUT2D eigenvalue weighted by Crippen LogP contribution is -2.23. The van der Waals surface area contributed by atoms with Gasteiger partial charge in [-0.1, -0.05) is 26.2 Å². The average Bonchev–Trinajstić information content (AvgIpc) is 2.87. The van der Waals surface area contributed by atoms with Crippen molar-refractivity contribution in [1.29, 1.82) is 0 Å². The minimum atomic E-state index is -4.37. The lowest BCUT2D eigenvalue weighted by molar-refractivity contribution is -0.129. The minimum Gasteiger partial charge on any atom is -0.593 e. The van der Waals surface area contributed by atoms with Crippen molar-refractivity contribution in [3.63, 3.8) is 0 Å². The Labute approximate surface area is 211 Å². The van der Waals surface area contributed by atoms with Gasteiger partial charge < -0.3 is 14.6 Å². The summed E-state index contributed by atoms with van der Waals surface area (Å²) in [6.45, 7) is 2.06. The van der Waals surface area contributed by atoms with Gasteiger partial charge in [-0.2, -0.15) is 22.9 Å². The summed E-state index contributed by atoms with van der Waals surface area (Å²) in [5.41, 5.74) is 3.49. The zero-order valence-corrected chi connectivity index (χ0v) is 21.1. The highest BCUT2D eigenvalue weighted by molar-refractivity contribution is 7.92. The highest BCUT2D eigenvalue weighted by Gasteiger charge is 2.30. The summed E-state index contributed by atoms with van der Waals surface area (Å²) in [5, 5.41) is 4.37. The van der Waals surface area contributed by atoms with Crippen molar-refractivity contribution in [3.8, 4) is 17.0 Å². The predicted molar refractivity (Wildman–Crippen MR) is 136 cm³/mol. The lowest BCUT2D eigenvalue weighted by Gasteiger charge is -2.22. The van der Waals surface area contributed by atoms with Gasteiger partial charge >= 0.3 is 6.18 Å². The van der Waals surface area contributed by atoms with Crippen LogP contribution in [0.1, 0.15) is 51.0 Å². The maximum Gasteiger partial charge on any atom is 0.393 e. The number of fused-ring (bicyclic) bond motifs is 1. The molecule has 2 N–H and O–H groups in total. The smallest absolute Gasteiger partial charge is 0.393 e. The van der Waals surface area contributed by atoms with E-state index in [4.69, 9.17) is 9.72 Å². The molecule has 11 heteroatoms. The number of nitrogens with zero attached hydrogens (tertiary/aromatic N) is 3. The number of ether oxygens (including phenoxy) is 1. The van der Waals surface area contributed by atoms with E-state index in [0.29, 0.717) is 17.6 Å². The van der Waals surface area contributed by atoms with Crippen LogP contribution in [0, 0.1) is 0 Å². The maximum atomic E-state index is 12.4. The molecule has 1 aliphatic rings. The molecule has 1 unspecified atom stereocenters. The lowest BCUT2D eigenvalue weighted by atomic mass is 9.96. The summed E-state index contributed by atoms with van der Waals surface area (Å²) < 4.78 is 57.2. The van der Waals surface area contributed by atoms with Crippen LogP contribution in [-0.2, 0) is 17.8 Å². The van der Waals surface area contributed by atoms with Gasteiger partial charge in [-0.15, -0.1) is 0 Å². The first-order valence-electron chi connectivity index (χ1n) is 12.1. The van der Waals surface area contributed by atoms with E-state index >= 15 is 0 Å². The molecule has 0 bridgehead atoms. The molecule has 2 aromatic heterocycles. The summed E-state index contributed by atoms with van der Waals surface area (Å²) in [7, 11) is 1.46. The second-order valence-corrected chi connectivity index (χ2v) is 10.2. The summed E-state index contributed by atoms with van der Waals surface area (Å²) in [6, 6.07) is 7.73. The molecule has 0 amide bonds. The first-order chi connectivity index (χ1) is 17.3. The van der Waals surface area contributed by atoms with E-state index in [1.807, 2.05) is 18.3 Å². The molecule has 1 fully saturated rings. The Kier molecular flexibility index (Phi) is 8.40. The zero-order chi connectivity index (χ0) is 25.7. The topological polar surface area (TPSA) is 95.0 Å². The van der Waals surface area contributed by atoms with E-state index in [-0.39, 0.29) is 11.7 Å². The molecule has 194 valence electrons. The van der Waals surface area contributed by atoms with Crippen LogP contribution in [0.3, 0.4) is 0 Å². The highest BCUT2D eigenvalue weighted by Crippen LogP contribution is 2.34. The Hall–Kier alpha value is -2.79. The number of rotatable bonds is 9. The summed E-state index contributed by atoms with van der Waals surface area (Å²) >= 11 is -1.92. The molecule has 0 radical (unpaired) electrons. The fraction of sp³-hybridized carbons (Fsp3) is 0.480. The third kappa shape index (κ3) is 6.70. The third-order valence-corrected chi connectivity index (χ3v) is 7.25. The molecule has 2 heterocycles. The Morgan fingerprint density at radius 2 is 1.92 bits per heavy atom. The van der Waals surface area contributed by atoms with Crippen molar-refractivity contribution in [3.05, 3.63) is 36.0 Å². The fourth-order valence-corrected chi connectivity index (χ4v) is 5.26. The van der Waals surface area contributed by atoms with E-state index in [0.717, 1.165) is 41.3 Å². The second-order valence-electron chi connectivity index (χ2n) is 8.87. The van der Waals surface area contributed by atoms with Gasteiger partial charge in [-0.25, -0.2) is 9.97 Å². The van der Waals surface area contributed by atoms with Gasteiger partial charge in [-0.3, -0.25) is 0 Å². The summed E-state index contributed by atoms with van der Waals surface area (Å²) in [4.78, 5) is 13.7. The Balaban J connectivity index is 1.57. The van der Waals surface area contributed by atoms with Crippen LogP contribution < -0.4 is 14.8 Å². The molecule has 36 heavy (non-hydrogen) atoms. The molecule has 1 aromatic carbocycles. The van der Waals surface area contributed by atoms with E-state index in [1.165, 1.54) is 26.4 Å². The minimum absolute atomic E-state index is 0.175. The molecule has 1 saturated carbocycles. The zero-order valence-electron chi connectivity index (χ0n) is 20.3. The first kappa shape index (κ1) is 26.3. The van der Waals surface area contributed by atoms with Crippen LogP contribution in [-0.4, -0.2) is 44.6 Å². The van der Waals surface area contributed by atoms with E-state index < -0.39 is 29.7 Å². The Bertz CT molecular complexity index is 1190. The van der Waals surface area contributed by atoms with Crippen molar-refractivity contribution >= 4 is 34.0 Å². The van der Waals surface area contributed by atoms with Crippen molar-refractivity contribution in [2.75, 3.05) is 22.9 Å². The van der Waals surface area contributed by atoms with Gasteiger partial charge in [-0.05, 0) is 54.7 Å². The molecule has 0 spiro atoms. The van der Waals surface area contributed by atoms with E-state index in [1.54, 1.807) is 12.1 Å². The third-order valence-electron chi connectivity index (χ3n) is 6.24. The van der Waals surface area contributed by atoms with E-state index in [9.17, 15) is 17.7 Å². The average molecular weight is 522 g/mol. The van der Waals surface area contributed by atoms with Crippen molar-refractivity contribution in [2.45, 2.75) is 64.1 Å². The van der Waals surface area contributed by atoms with Crippen LogP contribution in [0.4, 0.5) is 24.9 Å². The number of halogens is 3. The van der Waals surface area contributed by atoms with Crippen molar-refractivity contribution < 1.29 is 22.5 Å². The number of hydrogen-bond donors (Lipinski definition) is 2. The largest absolute Gasteiger partial charge is 0.593 e. The van der Waals surface area contributed by atoms with Gasteiger partial charge in [0.05, 0.1) is 30.4 Å². The SMILES string of the molecule is CCc1cc(-c2ccc(N[S+]([O-])CCC(F)(F)F)nc2OC)cc2cnc(NC3CCCCC3)nc12. The molecular weight excluding hydrogens is 491 g/mol. The van der Waals surface area contributed by atoms with Crippen LogP contribution >= 0.6 is 0 Å². The highest BCUT2D eigenvalue weighted by atomic mass is 32.2. The number of benzene rings is 1. The van der Waals surface area contributed by atoms with Gasteiger partial charge in [0.15, 0.2) is 5.82 Å². The van der Waals surface area contributed by atoms with Crippen LogP contribution in [0.15, 0.2) is 30.5 Å². The number of hydrogen-bond acceptors (Lipinski definition) is 7. The number of pyridine rings is 1. The van der Waals surface area contributed by atoms with Gasteiger partial charge in [0.1, 0.15) is 5.75 Å². The molecule has 1 aliphatic carbocycles. The Morgan fingerprint density at radius 1 is 1.14 bits per heavy atom. The predicted octanol–water partition coefficient (Wildman–Crippen LogP) is 6.04. The second kappa shape index (κ2) is 11.5. The molecule has 0 saturated heterocycles. The van der Waals surface area contributed by atoms with E-state index in [2.05, 4.69) is 26.9 Å². The maximum absolute atomic E-state index is 12.4. The standard InChI is InChI=1S/C25H30F3N5O2S/c1-3-16-13-17(14-18-15-29-24(32-22(16)18)30-19-7-5-4-6-8-19)20-9-10-21(31-23(20)35-2)33-36(34)12-11-25(26,27)28/h9-10,13-15,19H,3-8,11-12H2,1-2H3,(H,31,33)(H,29,30,32). The summed E-state index contributed by atoms with van der Waals surface area (Å²) in [5.74, 6) is 0.530. The number of methoxy groups -OCH3 is 1. The van der Waals surface area contributed by atoms with Crippen LogP contribution in [0.5, 0.6) is 5.88 Å². The van der Waals surface area contributed by atoms with Gasteiger partial charge in [0.25, 0.3) is 0 Å². The van der Waals surface area contributed by atoms with Gasteiger partial charge in [0, 0.05) is 23.2 Å². The number of nitrogens with one attached hydrogen (secondary N) is 2. The molecule has 3 aromatic rings. The quantitative estimate of drug-likeness (QED) is 0.332. The first-order valence-corrected chi connectivity index (χ1v) is 13.4. The molecule has 0 aliphatic heterocycles. The molecular formula is C25H30F3N5O2S. The van der Waals surface area contributed by atoms with Crippen molar-refractivity contribution in [2.24, 2.45) is 0 Å². The van der Waals surface area contributed by atoms with Crippen LogP contribution in [0.25, 0.3) is 22.0 Å². The Morgan fingerprint density at radius 3 is 2.61 bits per heavy atom. The molecule has 7 nitrogen and oxygen atoms in total. The summed E-state index contributed by atoms with van der Waals surface area (Å²) in [6.07, 6.45) is 3.07. The fourth-order valence-electron chi connectivity index (χ4n) is 4.39. The number of aryl methyl sites for hydroxylation is 1. The molecule has 1 atom stereocenters.